The van der Waals surface area contributed by atoms with E-state index in [9.17, 15) is 14.7 Å². The monoisotopic (exact) mass is 531 g/mol. The van der Waals surface area contributed by atoms with Crippen molar-refractivity contribution in [3.63, 3.8) is 0 Å². The summed E-state index contributed by atoms with van der Waals surface area (Å²) in [6, 6.07) is 12.4. The van der Waals surface area contributed by atoms with Gasteiger partial charge in [0.2, 0.25) is 4.73 Å². The van der Waals surface area contributed by atoms with Crippen LogP contribution in [0.3, 0.4) is 0 Å². The quantitative estimate of drug-likeness (QED) is 0.317. The first kappa shape index (κ1) is 25.4. The molecule has 0 radical (unpaired) electrons. The number of carbonyl (C=O) groups is 2. The predicted octanol–water partition coefficient (Wildman–Crippen LogP) is 6.49. The molecule has 1 unspecified atom stereocenters. The Balaban J connectivity index is 2.01. The van der Waals surface area contributed by atoms with Crippen LogP contribution in [-0.2, 0) is 9.59 Å². The SMILES string of the molecule is CC(C)c1ccc(-n2c(Br)nnc2SC(C)(C)C(=O)CC(C(=O)O)C(C)C)c2ccccc12. The average Bonchev–Trinajstić information content (AvgIpc) is 3.09. The van der Waals surface area contributed by atoms with E-state index in [4.69, 9.17) is 0 Å². The van der Waals surface area contributed by atoms with Gasteiger partial charge in [-0.05, 0) is 58.6 Å². The lowest BCUT2D eigenvalue weighted by atomic mass is 9.88. The van der Waals surface area contributed by atoms with Crippen molar-refractivity contribution >= 4 is 50.2 Å². The summed E-state index contributed by atoms with van der Waals surface area (Å²) in [7, 11) is 0. The first-order valence-electron chi connectivity index (χ1n) is 11.0. The molecule has 0 spiro atoms. The van der Waals surface area contributed by atoms with Gasteiger partial charge in [0.1, 0.15) is 5.78 Å². The number of hydrogen-bond acceptors (Lipinski definition) is 5. The highest BCUT2D eigenvalue weighted by atomic mass is 79.9. The van der Waals surface area contributed by atoms with Gasteiger partial charge in [-0.15, -0.1) is 10.2 Å². The van der Waals surface area contributed by atoms with E-state index in [1.165, 1.54) is 17.3 Å². The first-order chi connectivity index (χ1) is 15.4. The topological polar surface area (TPSA) is 85.1 Å². The Hall–Kier alpha value is -2.19. The third kappa shape index (κ3) is 5.32. The fourth-order valence-electron chi connectivity index (χ4n) is 3.86. The Bertz CT molecular complexity index is 1190. The Kier molecular flexibility index (Phi) is 7.69. The maximum Gasteiger partial charge on any atom is 0.307 e. The first-order valence-corrected chi connectivity index (χ1v) is 12.6. The molecule has 0 aliphatic heterocycles. The highest BCUT2D eigenvalue weighted by molar-refractivity contribution is 9.10. The molecule has 33 heavy (non-hydrogen) atoms. The number of ketones is 1. The van der Waals surface area contributed by atoms with E-state index < -0.39 is 16.6 Å². The van der Waals surface area contributed by atoms with Crippen molar-refractivity contribution in [2.24, 2.45) is 11.8 Å². The number of aromatic nitrogens is 3. The molecule has 1 N–H and O–H groups in total. The van der Waals surface area contributed by atoms with Gasteiger partial charge >= 0.3 is 5.97 Å². The zero-order valence-corrected chi connectivity index (χ0v) is 22.2. The fraction of sp³-hybridized carbons (Fsp3) is 0.440. The van der Waals surface area contributed by atoms with Gasteiger partial charge in [0.05, 0.1) is 16.4 Å². The molecule has 0 saturated heterocycles. The Morgan fingerprint density at radius 3 is 2.27 bits per heavy atom. The molecular formula is C25H30BrN3O3S. The smallest absolute Gasteiger partial charge is 0.307 e. The normalized spacial score (nSPS) is 13.1. The molecule has 1 aromatic heterocycles. The minimum atomic E-state index is -0.943. The average molecular weight is 533 g/mol. The van der Waals surface area contributed by atoms with Crippen LogP contribution in [0.25, 0.3) is 16.5 Å². The molecule has 1 atom stereocenters. The van der Waals surface area contributed by atoms with Gasteiger partial charge in [-0.3, -0.25) is 14.2 Å². The number of carboxylic acids is 1. The van der Waals surface area contributed by atoms with E-state index in [0.717, 1.165) is 16.5 Å². The molecule has 0 aliphatic rings. The summed E-state index contributed by atoms with van der Waals surface area (Å²) in [6.07, 6.45) is -0.0195. The standard InChI is InChI=1S/C25H30BrN3O3S/c1-14(2)16-11-12-20(18-10-8-7-9-17(16)18)29-23(26)27-28-24(29)33-25(5,6)21(30)13-19(15(3)4)22(31)32/h7-12,14-15,19H,13H2,1-6H3,(H,31,32). The lowest BCUT2D eigenvalue weighted by Gasteiger charge is -2.25. The van der Waals surface area contributed by atoms with E-state index >= 15 is 0 Å². The zero-order valence-electron chi connectivity index (χ0n) is 19.8. The molecule has 0 fully saturated rings. The van der Waals surface area contributed by atoms with Gasteiger partial charge in [-0.1, -0.05) is 69.8 Å². The van der Waals surface area contributed by atoms with Gasteiger partial charge in [0.15, 0.2) is 5.16 Å². The van der Waals surface area contributed by atoms with Crippen LogP contribution in [0.15, 0.2) is 46.3 Å². The summed E-state index contributed by atoms with van der Waals surface area (Å²) in [4.78, 5) is 24.7. The summed E-state index contributed by atoms with van der Waals surface area (Å²) < 4.78 is 1.57. The number of Topliss-reactive ketones (excluding diaryl/α,β-unsaturated/α-hetero) is 1. The summed E-state index contributed by atoms with van der Waals surface area (Å²) in [5.41, 5.74) is 2.18. The highest BCUT2D eigenvalue weighted by Crippen LogP contribution is 2.39. The third-order valence-electron chi connectivity index (χ3n) is 5.94. The van der Waals surface area contributed by atoms with Gasteiger partial charge in [0.25, 0.3) is 0 Å². The maximum atomic E-state index is 13.1. The van der Waals surface area contributed by atoms with Gasteiger partial charge in [-0.25, -0.2) is 0 Å². The van der Waals surface area contributed by atoms with Crippen LogP contribution in [0.4, 0.5) is 0 Å². The van der Waals surface area contributed by atoms with Gasteiger partial charge in [-0.2, -0.15) is 0 Å². The van der Waals surface area contributed by atoms with E-state index in [2.05, 4.69) is 64.2 Å². The van der Waals surface area contributed by atoms with Crippen molar-refractivity contribution in [3.05, 3.63) is 46.7 Å². The number of nitrogens with zero attached hydrogens (tertiary/aromatic N) is 3. The lowest BCUT2D eigenvalue weighted by molar-refractivity contribution is -0.145. The summed E-state index contributed by atoms with van der Waals surface area (Å²) in [5.74, 6) is -1.53. The van der Waals surface area contributed by atoms with Crippen molar-refractivity contribution in [2.75, 3.05) is 0 Å². The van der Waals surface area contributed by atoms with Crippen LogP contribution >= 0.6 is 27.7 Å². The van der Waals surface area contributed by atoms with Crippen LogP contribution < -0.4 is 0 Å². The number of carbonyl (C=O) groups excluding carboxylic acids is 1. The summed E-state index contributed by atoms with van der Waals surface area (Å²) in [5, 5.41) is 20.9. The highest BCUT2D eigenvalue weighted by Gasteiger charge is 2.36. The number of halogens is 1. The number of thioether (sulfide) groups is 1. The van der Waals surface area contributed by atoms with Gasteiger partial charge in [0, 0.05) is 11.8 Å². The van der Waals surface area contributed by atoms with Gasteiger partial charge < -0.3 is 5.11 Å². The molecular weight excluding hydrogens is 502 g/mol. The fourth-order valence-corrected chi connectivity index (χ4v) is 5.43. The van der Waals surface area contributed by atoms with Crippen molar-refractivity contribution in [3.8, 4) is 5.69 Å². The van der Waals surface area contributed by atoms with Crippen LogP contribution in [0.1, 0.15) is 59.4 Å². The van der Waals surface area contributed by atoms with E-state index in [0.29, 0.717) is 15.8 Å². The number of carboxylic acid groups (broad SMARTS) is 1. The van der Waals surface area contributed by atoms with Crippen LogP contribution in [0.5, 0.6) is 0 Å². The maximum absolute atomic E-state index is 13.1. The minimum Gasteiger partial charge on any atom is -0.481 e. The van der Waals surface area contributed by atoms with E-state index in [1.807, 2.05) is 44.4 Å². The zero-order chi connectivity index (χ0) is 24.5. The second-order valence-corrected chi connectivity index (χ2v) is 11.7. The molecule has 8 heteroatoms. The number of hydrogen-bond donors (Lipinski definition) is 1. The van der Waals surface area contributed by atoms with Crippen LogP contribution in [0.2, 0.25) is 0 Å². The second-order valence-electron chi connectivity index (χ2n) is 9.39. The molecule has 176 valence electrons. The van der Waals surface area contributed by atoms with Crippen molar-refractivity contribution < 1.29 is 14.7 Å². The summed E-state index contributed by atoms with van der Waals surface area (Å²) in [6.45, 7) is 11.6. The Morgan fingerprint density at radius 2 is 1.70 bits per heavy atom. The van der Waals surface area contributed by atoms with E-state index in [-0.39, 0.29) is 18.1 Å². The number of rotatable bonds is 9. The summed E-state index contributed by atoms with van der Waals surface area (Å²) >= 11 is 4.82. The molecule has 3 aromatic rings. The predicted molar refractivity (Wildman–Crippen MR) is 136 cm³/mol. The second kappa shape index (κ2) is 9.97. The van der Waals surface area contributed by atoms with Crippen molar-refractivity contribution in [1.29, 1.82) is 0 Å². The number of benzene rings is 2. The molecule has 3 rings (SSSR count). The van der Waals surface area contributed by atoms with E-state index in [1.54, 1.807) is 0 Å². The molecule has 0 bridgehead atoms. The largest absolute Gasteiger partial charge is 0.481 e. The molecule has 2 aromatic carbocycles. The lowest BCUT2D eigenvalue weighted by Crippen LogP contribution is -2.33. The third-order valence-corrected chi connectivity index (χ3v) is 7.63. The minimum absolute atomic E-state index is 0.0195. The molecule has 0 amide bonds. The molecule has 0 aliphatic carbocycles. The Labute approximate surface area is 207 Å². The van der Waals surface area contributed by atoms with Crippen LogP contribution in [-0.4, -0.2) is 36.4 Å². The molecule has 6 nitrogen and oxygen atoms in total. The Morgan fingerprint density at radius 1 is 1.06 bits per heavy atom. The number of aliphatic carboxylic acids is 1. The number of fused-ring (bicyclic) bond motifs is 1. The van der Waals surface area contributed by atoms with Crippen molar-refractivity contribution in [2.45, 2.75) is 63.8 Å². The molecule has 0 saturated carbocycles. The molecule has 1 heterocycles. The van der Waals surface area contributed by atoms with Crippen molar-refractivity contribution in [1.82, 2.24) is 14.8 Å². The van der Waals surface area contributed by atoms with Crippen LogP contribution in [0, 0.1) is 11.8 Å².